The zero-order valence-electron chi connectivity index (χ0n) is 16.0. The second-order valence-corrected chi connectivity index (χ2v) is 8.19. The highest BCUT2D eigenvalue weighted by molar-refractivity contribution is 7.90. The molecule has 2 aromatic rings. The summed E-state index contributed by atoms with van der Waals surface area (Å²) in [5.74, 6) is -1.64. The predicted molar refractivity (Wildman–Crippen MR) is 101 cm³/mol. The number of ether oxygens (including phenoxy) is 2. The first-order chi connectivity index (χ1) is 13.7. The van der Waals surface area contributed by atoms with E-state index in [1.807, 2.05) is 0 Å². The van der Waals surface area contributed by atoms with Gasteiger partial charge in [0.2, 0.25) is 5.91 Å². The minimum Gasteiger partial charge on any atom is -0.493 e. The van der Waals surface area contributed by atoms with Crippen LogP contribution in [0, 0.1) is 5.82 Å². The molecule has 0 unspecified atom stereocenters. The number of hydrogen-bond acceptors (Lipinski definition) is 6. The highest BCUT2D eigenvalue weighted by atomic mass is 32.2. The Morgan fingerprint density at radius 2 is 1.76 bits per heavy atom. The third-order valence-electron chi connectivity index (χ3n) is 4.58. The van der Waals surface area contributed by atoms with E-state index in [1.165, 1.54) is 51.6 Å². The lowest BCUT2D eigenvalue weighted by Crippen LogP contribution is -2.41. The van der Waals surface area contributed by atoms with Gasteiger partial charge in [-0.15, -0.1) is 0 Å². The summed E-state index contributed by atoms with van der Waals surface area (Å²) in [4.78, 5) is 26.1. The van der Waals surface area contributed by atoms with E-state index in [-0.39, 0.29) is 34.1 Å². The molecule has 0 bridgehead atoms. The van der Waals surface area contributed by atoms with Crippen molar-refractivity contribution >= 4 is 21.8 Å². The van der Waals surface area contributed by atoms with Gasteiger partial charge in [0.1, 0.15) is 17.3 Å². The molecule has 1 aliphatic heterocycles. The summed E-state index contributed by atoms with van der Waals surface area (Å²) < 4.78 is 50.1. The number of amides is 2. The smallest absolute Gasteiger partial charge is 0.269 e. The van der Waals surface area contributed by atoms with Crippen molar-refractivity contribution in [2.75, 3.05) is 27.8 Å². The topological polar surface area (TPSA) is 93.2 Å². The van der Waals surface area contributed by atoms with E-state index in [2.05, 4.69) is 0 Å². The lowest BCUT2D eigenvalue weighted by molar-refractivity contribution is -0.130. The van der Waals surface area contributed by atoms with E-state index < -0.39 is 34.2 Å². The molecule has 0 radical (unpaired) electrons. The van der Waals surface area contributed by atoms with Gasteiger partial charge in [-0.2, -0.15) is 0 Å². The first kappa shape index (κ1) is 20.6. The fraction of sp³-hybridized carbons (Fsp3) is 0.263. The summed E-state index contributed by atoms with van der Waals surface area (Å²) in [6.45, 7) is -0.770. The maximum atomic E-state index is 13.8. The zero-order chi connectivity index (χ0) is 21.3. The molecule has 3 rings (SSSR count). The molecule has 8 nitrogen and oxygen atoms in total. The number of carbonyl (C=O) groups excluding carboxylic acids is 2. The summed E-state index contributed by atoms with van der Waals surface area (Å²) in [6, 6.07) is 8.39. The molecule has 0 aliphatic carbocycles. The fourth-order valence-electron chi connectivity index (χ4n) is 2.97. The van der Waals surface area contributed by atoms with Crippen LogP contribution in [0.5, 0.6) is 11.5 Å². The lowest BCUT2D eigenvalue weighted by Gasteiger charge is -2.21. The first-order valence-electron chi connectivity index (χ1n) is 8.51. The molecular weight excluding hydrogens is 403 g/mol. The van der Waals surface area contributed by atoms with Gasteiger partial charge in [0, 0.05) is 25.2 Å². The van der Waals surface area contributed by atoms with Gasteiger partial charge in [-0.05, 0) is 12.1 Å². The molecule has 0 saturated heterocycles. The second-order valence-electron chi connectivity index (χ2n) is 6.36. The molecule has 2 aromatic carbocycles. The molecule has 0 aromatic heterocycles. The minimum absolute atomic E-state index is 0.0673. The molecular formula is C19H19FN2O6S. The van der Waals surface area contributed by atoms with Gasteiger partial charge in [-0.25, -0.2) is 17.1 Å². The van der Waals surface area contributed by atoms with Gasteiger partial charge in [-0.3, -0.25) is 9.59 Å². The number of methoxy groups -OCH3 is 2. The maximum absolute atomic E-state index is 13.8. The highest BCUT2D eigenvalue weighted by Gasteiger charge is 2.43. The number of carbonyl (C=O) groups is 2. The number of nitrogens with zero attached hydrogens (tertiary/aromatic N) is 2. The molecule has 1 heterocycles. The molecule has 0 atom stereocenters. The Morgan fingerprint density at radius 1 is 1.14 bits per heavy atom. The second kappa shape index (κ2) is 7.70. The molecule has 0 N–H and O–H groups in total. The average Bonchev–Trinajstić information content (AvgIpc) is 2.88. The van der Waals surface area contributed by atoms with Crippen LogP contribution >= 0.6 is 0 Å². The van der Waals surface area contributed by atoms with Crippen molar-refractivity contribution in [2.24, 2.45) is 0 Å². The van der Waals surface area contributed by atoms with Crippen molar-refractivity contribution < 1.29 is 31.9 Å². The van der Waals surface area contributed by atoms with E-state index in [4.69, 9.17) is 9.47 Å². The van der Waals surface area contributed by atoms with Crippen molar-refractivity contribution in [1.82, 2.24) is 9.21 Å². The molecule has 2 amide bonds. The van der Waals surface area contributed by atoms with Gasteiger partial charge in [-0.1, -0.05) is 18.2 Å². The van der Waals surface area contributed by atoms with E-state index in [1.54, 1.807) is 6.07 Å². The third-order valence-corrected chi connectivity index (χ3v) is 6.35. The van der Waals surface area contributed by atoms with E-state index in [9.17, 15) is 22.4 Å². The number of benzene rings is 2. The van der Waals surface area contributed by atoms with Crippen molar-refractivity contribution in [3.05, 3.63) is 53.3 Å². The van der Waals surface area contributed by atoms with Crippen molar-refractivity contribution in [3.63, 3.8) is 0 Å². The van der Waals surface area contributed by atoms with Crippen LogP contribution in [0.25, 0.3) is 0 Å². The van der Waals surface area contributed by atoms with Crippen LogP contribution in [-0.2, 0) is 21.4 Å². The van der Waals surface area contributed by atoms with Gasteiger partial charge < -0.3 is 14.4 Å². The van der Waals surface area contributed by atoms with Crippen LogP contribution in [-0.4, -0.2) is 57.2 Å². The third kappa shape index (κ3) is 3.63. The van der Waals surface area contributed by atoms with Crippen LogP contribution in [0.15, 0.2) is 41.3 Å². The van der Waals surface area contributed by atoms with Crippen LogP contribution in [0.2, 0.25) is 0 Å². The van der Waals surface area contributed by atoms with Crippen LogP contribution in [0.3, 0.4) is 0 Å². The summed E-state index contributed by atoms with van der Waals surface area (Å²) >= 11 is 0. The summed E-state index contributed by atoms with van der Waals surface area (Å²) in [5.41, 5.74) is 0.170. The van der Waals surface area contributed by atoms with Crippen LogP contribution in [0.1, 0.15) is 15.9 Å². The van der Waals surface area contributed by atoms with Gasteiger partial charge in [0.05, 0.1) is 19.8 Å². The number of sulfonamides is 1. The summed E-state index contributed by atoms with van der Waals surface area (Å²) in [7, 11) is -0.134. The van der Waals surface area contributed by atoms with E-state index >= 15 is 0 Å². The first-order valence-corrected chi connectivity index (χ1v) is 9.95. The average molecular weight is 422 g/mol. The molecule has 154 valence electrons. The Labute approximate surface area is 167 Å². The van der Waals surface area contributed by atoms with Crippen LogP contribution in [0.4, 0.5) is 4.39 Å². The minimum atomic E-state index is -4.24. The molecule has 10 heteroatoms. The predicted octanol–water partition coefficient (Wildman–Crippen LogP) is 1.65. The number of likely N-dealkylation sites (N-methyl/N-ethyl adjacent to an activating group) is 1. The Kier molecular flexibility index (Phi) is 5.47. The standard InChI is InChI=1S/C19H19FN2O6S/c1-21(10-12-6-4-5-7-14(12)20)18(23)11-22-19(24)13-8-15(27-2)16(28-3)9-17(13)29(22,25)26/h4-9H,10-11H2,1-3H3. The summed E-state index contributed by atoms with van der Waals surface area (Å²) in [6.07, 6.45) is 0. The Morgan fingerprint density at radius 3 is 2.38 bits per heavy atom. The van der Waals surface area contributed by atoms with Crippen molar-refractivity contribution in [1.29, 1.82) is 0 Å². The van der Waals surface area contributed by atoms with Crippen LogP contribution < -0.4 is 9.47 Å². The van der Waals surface area contributed by atoms with Gasteiger partial charge in [0.15, 0.2) is 11.5 Å². The maximum Gasteiger partial charge on any atom is 0.269 e. The highest BCUT2D eigenvalue weighted by Crippen LogP contribution is 2.38. The molecule has 1 aliphatic rings. The SMILES string of the molecule is COc1cc2c(cc1OC)S(=O)(=O)N(CC(=O)N(C)Cc1ccccc1F)C2=O. The fourth-order valence-corrected chi connectivity index (χ4v) is 4.49. The van der Waals surface area contributed by atoms with Crippen molar-refractivity contribution in [2.45, 2.75) is 11.4 Å². The molecule has 0 spiro atoms. The molecule has 29 heavy (non-hydrogen) atoms. The number of fused-ring (bicyclic) bond motifs is 1. The Hall–Kier alpha value is -3.14. The number of hydrogen-bond donors (Lipinski definition) is 0. The zero-order valence-corrected chi connectivity index (χ0v) is 16.8. The number of rotatable bonds is 6. The Balaban J connectivity index is 1.85. The van der Waals surface area contributed by atoms with E-state index in [0.717, 1.165) is 4.90 Å². The summed E-state index contributed by atoms with van der Waals surface area (Å²) in [5, 5.41) is 0. The quantitative estimate of drug-likeness (QED) is 0.703. The molecule has 0 saturated carbocycles. The Bertz CT molecular complexity index is 1090. The molecule has 0 fully saturated rings. The normalized spacial score (nSPS) is 14.5. The lowest BCUT2D eigenvalue weighted by atomic mass is 10.2. The van der Waals surface area contributed by atoms with E-state index in [0.29, 0.717) is 4.31 Å². The largest absolute Gasteiger partial charge is 0.493 e. The van der Waals surface area contributed by atoms with Gasteiger partial charge in [0.25, 0.3) is 15.9 Å². The van der Waals surface area contributed by atoms with Crippen molar-refractivity contribution in [3.8, 4) is 11.5 Å². The monoisotopic (exact) mass is 422 g/mol. The number of halogens is 1. The van der Waals surface area contributed by atoms with Gasteiger partial charge >= 0.3 is 0 Å².